The van der Waals surface area contributed by atoms with E-state index in [0.717, 1.165) is 12.1 Å². The molecule has 0 unspecified atom stereocenters. The lowest BCUT2D eigenvalue weighted by Gasteiger charge is -2.15. The van der Waals surface area contributed by atoms with Gasteiger partial charge in [0, 0.05) is 11.3 Å². The Morgan fingerprint density at radius 1 is 0.906 bits per heavy atom. The maximum Gasteiger partial charge on any atom is 0.263 e. The number of Topliss-reactive ketones (excluding diaryl/α,β-unsaturated/α-hetero) is 1. The first kappa shape index (κ1) is 21.4. The summed E-state index contributed by atoms with van der Waals surface area (Å²) < 4.78 is 42.0. The number of hydrogen-bond donors (Lipinski definition) is 2. The predicted molar refractivity (Wildman–Crippen MR) is 121 cm³/mol. The number of rotatable bonds is 6. The number of fused-ring (bicyclic) bond motifs is 1. The molecule has 4 rings (SSSR count). The zero-order chi connectivity index (χ0) is 22.9. The molecule has 9 heteroatoms. The molecule has 7 nitrogen and oxygen atoms in total. The van der Waals surface area contributed by atoms with Crippen molar-refractivity contribution in [2.75, 3.05) is 10.0 Å². The van der Waals surface area contributed by atoms with Gasteiger partial charge < -0.3 is 5.32 Å². The second kappa shape index (κ2) is 8.35. The smallest absolute Gasteiger partial charge is 0.263 e. The van der Waals surface area contributed by atoms with Crippen molar-refractivity contribution >= 4 is 44.2 Å². The van der Waals surface area contributed by atoms with E-state index >= 15 is 0 Å². The van der Waals surface area contributed by atoms with Gasteiger partial charge in [0.25, 0.3) is 10.0 Å². The zero-order valence-corrected chi connectivity index (χ0v) is 18.1. The molecule has 0 bridgehead atoms. The van der Waals surface area contributed by atoms with Crippen LogP contribution in [0.5, 0.6) is 0 Å². The van der Waals surface area contributed by atoms with Crippen LogP contribution < -0.4 is 10.0 Å². The van der Waals surface area contributed by atoms with Crippen molar-refractivity contribution in [3.05, 3.63) is 83.7 Å². The number of nitrogens with zero attached hydrogens (tertiary/aromatic N) is 2. The third-order valence-corrected chi connectivity index (χ3v) is 6.26. The Bertz CT molecular complexity index is 1460. The highest BCUT2D eigenvalue weighted by molar-refractivity contribution is 7.92. The first-order valence-corrected chi connectivity index (χ1v) is 11.1. The second-order valence-electron chi connectivity index (χ2n) is 7.19. The van der Waals surface area contributed by atoms with Gasteiger partial charge in [0.15, 0.2) is 17.4 Å². The number of ketones is 1. The number of hydrogen-bond acceptors (Lipinski definition) is 6. The molecule has 0 spiro atoms. The highest BCUT2D eigenvalue weighted by Crippen LogP contribution is 2.28. The zero-order valence-electron chi connectivity index (χ0n) is 17.3. The maximum absolute atomic E-state index is 13.5. The molecule has 0 fully saturated rings. The molecule has 0 atom stereocenters. The second-order valence-corrected chi connectivity index (χ2v) is 8.84. The van der Waals surface area contributed by atoms with Gasteiger partial charge in [-0.3, -0.25) is 9.52 Å². The van der Waals surface area contributed by atoms with Crippen LogP contribution in [0.1, 0.15) is 22.8 Å². The van der Waals surface area contributed by atoms with Crippen LogP contribution in [0.3, 0.4) is 0 Å². The first-order valence-electron chi connectivity index (χ1n) is 9.67. The van der Waals surface area contributed by atoms with E-state index < -0.39 is 15.8 Å². The summed E-state index contributed by atoms with van der Waals surface area (Å²) in [5.41, 5.74) is 2.34. The molecule has 3 aromatic carbocycles. The molecular formula is C23H19FN4O3S. The molecule has 1 heterocycles. The van der Waals surface area contributed by atoms with Gasteiger partial charge in [-0.2, -0.15) is 0 Å². The number of anilines is 3. The number of halogens is 1. The Labute approximate surface area is 184 Å². The first-order chi connectivity index (χ1) is 15.2. The van der Waals surface area contributed by atoms with Gasteiger partial charge in [0.1, 0.15) is 5.82 Å². The fourth-order valence-electron chi connectivity index (χ4n) is 3.21. The molecule has 2 N–H and O–H groups in total. The van der Waals surface area contributed by atoms with Crippen LogP contribution in [0.2, 0.25) is 0 Å². The van der Waals surface area contributed by atoms with E-state index in [9.17, 15) is 17.6 Å². The summed E-state index contributed by atoms with van der Waals surface area (Å²) in [6, 6.07) is 17.2. The van der Waals surface area contributed by atoms with Crippen LogP contribution in [0, 0.1) is 12.7 Å². The van der Waals surface area contributed by atoms with Crippen molar-refractivity contribution in [3.63, 3.8) is 0 Å². The molecule has 0 aliphatic carbocycles. The molecule has 0 amide bonds. The van der Waals surface area contributed by atoms with Crippen molar-refractivity contribution in [2.45, 2.75) is 18.7 Å². The van der Waals surface area contributed by atoms with Gasteiger partial charge in [-0.15, -0.1) is 0 Å². The van der Waals surface area contributed by atoms with E-state index in [1.807, 2.05) is 0 Å². The monoisotopic (exact) mass is 450 g/mol. The molecule has 1 aromatic heterocycles. The van der Waals surface area contributed by atoms with Crippen molar-refractivity contribution in [3.8, 4) is 0 Å². The van der Waals surface area contributed by atoms with Gasteiger partial charge in [-0.05, 0) is 61.9 Å². The molecule has 0 saturated heterocycles. The molecule has 0 saturated carbocycles. The highest BCUT2D eigenvalue weighted by atomic mass is 32.2. The van der Waals surface area contributed by atoms with Gasteiger partial charge in [-0.1, -0.05) is 24.3 Å². The Morgan fingerprint density at radius 2 is 1.59 bits per heavy atom. The summed E-state index contributed by atoms with van der Waals surface area (Å²) in [4.78, 5) is 20.6. The number of aryl methyl sites for hydroxylation is 1. The summed E-state index contributed by atoms with van der Waals surface area (Å²) in [5.74, 6) is -0.501. The predicted octanol–water partition coefficient (Wildman–Crippen LogP) is 4.82. The Morgan fingerprint density at radius 3 is 2.25 bits per heavy atom. The average molecular weight is 450 g/mol. The number of para-hydroxylation sites is 2. The van der Waals surface area contributed by atoms with E-state index in [4.69, 9.17) is 0 Å². The SMILES string of the molecule is CC(=O)c1cccc(Nc2nc3ccccc3nc2NS(=O)(=O)c2ccc(F)cc2C)c1. The third kappa shape index (κ3) is 4.42. The number of carbonyl (C=O) groups excluding carboxylic acids is 1. The fourth-order valence-corrected chi connectivity index (χ4v) is 4.44. The van der Waals surface area contributed by atoms with Crippen LogP contribution in [0.25, 0.3) is 11.0 Å². The number of sulfonamides is 1. The number of carbonyl (C=O) groups is 1. The van der Waals surface area contributed by atoms with Gasteiger partial charge in [-0.25, -0.2) is 22.8 Å². The lowest BCUT2D eigenvalue weighted by Crippen LogP contribution is -2.17. The van der Waals surface area contributed by atoms with Crippen molar-refractivity contribution < 1.29 is 17.6 Å². The minimum atomic E-state index is -4.08. The quantitative estimate of drug-likeness (QED) is 0.408. The highest BCUT2D eigenvalue weighted by Gasteiger charge is 2.21. The van der Waals surface area contributed by atoms with Crippen LogP contribution in [0.15, 0.2) is 71.6 Å². The van der Waals surface area contributed by atoms with Crippen LogP contribution in [-0.2, 0) is 10.0 Å². The molecule has 4 aromatic rings. The van der Waals surface area contributed by atoms with E-state index in [-0.39, 0.29) is 27.9 Å². The normalized spacial score (nSPS) is 11.3. The molecule has 32 heavy (non-hydrogen) atoms. The van der Waals surface area contributed by atoms with E-state index in [1.165, 1.54) is 19.9 Å². The van der Waals surface area contributed by atoms with Crippen molar-refractivity contribution in [1.29, 1.82) is 0 Å². The Balaban J connectivity index is 1.79. The van der Waals surface area contributed by atoms with Crippen LogP contribution in [-0.4, -0.2) is 24.2 Å². The van der Waals surface area contributed by atoms with E-state index in [1.54, 1.807) is 48.5 Å². The average Bonchev–Trinajstić information content (AvgIpc) is 2.74. The number of benzene rings is 3. The molecule has 0 radical (unpaired) electrons. The standard InChI is InChI=1S/C23H19FN4O3S/c1-14-12-17(24)10-11-21(14)32(30,31)28-23-22(26-19-8-3-4-9-20(19)27-23)25-18-7-5-6-16(13-18)15(2)29/h3-13H,1-2H3,(H,25,26)(H,27,28). The molecule has 0 aliphatic rings. The van der Waals surface area contributed by atoms with Gasteiger partial charge in [0.05, 0.1) is 15.9 Å². The lowest BCUT2D eigenvalue weighted by atomic mass is 10.1. The van der Waals surface area contributed by atoms with Gasteiger partial charge >= 0.3 is 0 Å². The van der Waals surface area contributed by atoms with Crippen molar-refractivity contribution in [1.82, 2.24) is 9.97 Å². The molecule has 162 valence electrons. The minimum absolute atomic E-state index is 0.0272. The molecule has 0 aliphatic heterocycles. The maximum atomic E-state index is 13.5. The molecular weight excluding hydrogens is 431 g/mol. The summed E-state index contributed by atoms with van der Waals surface area (Å²) in [6.07, 6.45) is 0. The summed E-state index contributed by atoms with van der Waals surface area (Å²) in [7, 11) is -4.08. The van der Waals surface area contributed by atoms with E-state index in [2.05, 4.69) is 20.0 Å². The topological polar surface area (TPSA) is 101 Å². The number of aromatic nitrogens is 2. The summed E-state index contributed by atoms with van der Waals surface area (Å²) >= 11 is 0. The minimum Gasteiger partial charge on any atom is -0.337 e. The van der Waals surface area contributed by atoms with Crippen LogP contribution >= 0.6 is 0 Å². The largest absolute Gasteiger partial charge is 0.337 e. The number of nitrogens with one attached hydrogen (secondary N) is 2. The fraction of sp³-hybridized carbons (Fsp3) is 0.0870. The van der Waals surface area contributed by atoms with Gasteiger partial charge in [0.2, 0.25) is 0 Å². The van der Waals surface area contributed by atoms with Crippen LogP contribution in [0.4, 0.5) is 21.7 Å². The lowest BCUT2D eigenvalue weighted by molar-refractivity contribution is 0.101. The Hall–Kier alpha value is -3.85. The Kier molecular flexibility index (Phi) is 5.58. The summed E-state index contributed by atoms with van der Waals surface area (Å²) in [6.45, 7) is 2.97. The third-order valence-electron chi connectivity index (χ3n) is 4.76. The van der Waals surface area contributed by atoms with E-state index in [0.29, 0.717) is 22.3 Å². The summed E-state index contributed by atoms with van der Waals surface area (Å²) in [5, 5.41) is 3.04. The van der Waals surface area contributed by atoms with Crippen molar-refractivity contribution in [2.24, 2.45) is 0 Å².